The van der Waals surface area contributed by atoms with Crippen LogP contribution >= 0.6 is 0 Å². The maximum atomic E-state index is 12.9. The Balaban J connectivity index is 1.47. The summed E-state index contributed by atoms with van der Waals surface area (Å²) in [5.74, 6) is 2.21. The van der Waals surface area contributed by atoms with Gasteiger partial charge in [-0.2, -0.15) is 0 Å². The number of nitro groups is 2. The van der Waals surface area contributed by atoms with Crippen molar-refractivity contribution in [3.8, 4) is 0 Å². The van der Waals surface area contributed by atoms with Gasteiger partial charge < -0.3 is 4.74 Å². The molecular formula is C35H46N2O6. The third-order valence-corrected chi connectivity index (χ3v) is 10.4. The van der Waals surface area contributed by atoms with E-state index in [0.29, 0.717) is 48.9 Å². The minimum atomic E-state index is -0.798. The lowest BCUT2D eigenvalue weighted by atomic mass is 9.61. The van der Waals surface area contributed by atoms with E-state index in [2.05, 4.69) is 65.5 Å². The average Bonchev–Trinajstić information content (AvgIpc) is 3.33. The van der Waals surface area contributed by atoms with E-state index < -0.39 is 33.3 Å². The number of allylic oxidation sites excluding steroid dienone is 6. The molecule has 8 heteroatoms. The summed E-state index contributed by atoms with van der Waals surface area (Å²) in [6.45, 7) is 16.0. The number of benzene rings is 1. The Morgan fingerprint density at radius 1 is 1.00 bits per heavy atom. The van der Waals surface area contributed by atoms with Gasteiger partial charge in [0.2, 0.25) is 0 Å². The SMILES string of the molecule is C=C1CC[C@H](OC(=O)c2cc([N+](=O)[O-])cc([N+](=O)[O-])c2)CC1=C/C=C1\CCC[C@]2(C)[C@@H]([C@H](C)/C=C/C(C)C(C)C)CC[C@@H]12. The Kier molecular flexibility index (Phi) is 10.1. The number of fused-ring (bicyclic) bond motifs is 1. The molecule has 232 valence electrons. The van der Waals surface area contributed by atoms with E-state index in [9.17, 15) is 25.0 Å². The van der Waals surface area contributed by atoms with Crippen LogP contribution in [0, 0.1) is 55.2 Å². The zero-order valence-electron chi connectivity index (χ0n) is 26.2. The van der Waals surface area contributed by atoms with Gasteiger partial charge in [0.1, 0.15) is 6.10 Å². The monoisotopic (exact) mass is 590 g/mol. The normalized spacial score (nSPS) is 29.2. The van der Waals surface area contributed by atoms with Crippen LogP contribution < -0.4 is 0 Å². The predicted octanol–water partition coefficient (Wildman–Crippen LogP) is 9.32. The molecule has 1 aromatic carbocycles. The molecule has 6 atom stereocenters. The summed E-state index contributed by atoms with van der Waals surface area (Å²) in [7, 11) is 0. The molecule has 0 saturated heterocycles. The maximum Gasteiger partial charge on any atom is 0.338 e. The van der Waals surface area contributed by atoms with E-state index in [1.165, 1.54) is 31.3 Å². The van der Waals surface area contributed by atoms with Crippen LogP contribution in [-0.2, 0) is 4.74 Å². The number of rotatable bonds is 9. The van der Waals surface area contributed by atoms with Gasteiger partial charge >= 0.3 is 5.97 Å². The molecule has 3 fully saturated rings. The molecule has 0 amide bonds. The molecule has 1 aromatic rings. The van der Waals surface area contributed by atoms with Gasteiger partial charge in [-0.05, 0) is 85.5 Å². The first-order valence-corrected chi connectivity index (χ1v) is 15.7. The lowest BCUT2D eigenvalue weighted by Crippen LogP contribution is -2.35. The third-order valence-electron chi connectivity index (χ3n) is 10.4. The van der Waals surface area contributed by atoms with Gasteiger partial charge in [-0.25, -0.2) is 4.79 Å². The Hall–Kier alpha value is -3.55. The molecule has 0 aromatic heterocycles. The molecule has 3 aliphatic carbocycles. The van der Waals surface area contributed by atoms with Gasteiger partial charge in [-0.1, -0.05) is 76.6 Å². The van der Waals surface area contributed by atoms with Crippen molar-refractivity contribution in [1.29, 1.82) is 0 Å². The lowest BCUT2D eigenvalue weighted by molar-refractivity contribution is -0.394. The molecular weight excluding hydrogens is 544 g/mol. The number of carbonyl (C=O) groups is 1. The summed E-state index contributed by atoms with van der Waals surface area (Å²) < 4.78 is 5.70. The van der Waals surface area contributed by atoms with Crippen molar-refractivity contribution in [3.63, 3.8) is 0 Å². The number of nitro benzene ring substituents is 2. The first-order chi connectivity index (χ1) is 20.3. The van der Waals surface area contributed by atoms with Crippen molar-refractivity contribution in [1.82, 2.24) is 0 Å². The Labute approximate surface area is 255 Å². The molecule has 0 radical (unpaired) electrons. The summed E-state index contributed by atoms with van der Waals surface area (Å²) >= 11 is 0. The smallest absolute Gasteiger partial charge is 0.338 e. The first kappa shape index (κ1) is 32.4. The molecule has 0 heterocycles. The number of ether oxygens (including phenoxy) is 1. The van der Waals surface area contributed by atoms with Crippen molar-refractivity contribution in [3.05, 3.63) is 91.6 Å². The fraction of sp³-hybridized carbons (Fsp3) is 0.571. The van der Waals surface area contributed by atoms with Crippen molar-refractivity contribution in [2.45, 2.75) is 92.1 Å². The summed E-state index contributed by atoms with van der Waals surface area (Å²) in [5, 5.41) is 22.5. The van der Waals surface area contributed by atoms with E-state index in [-0.39, 0.29) is 11.0 Å². The number of non-ortho nitro benzene ring substituents is 2. The predicted molar refractivity (Wildman–Crippen MR) is 169 cm³/mol. The van der Waals surface area contributed by atoms with Gasteiger partial charge in [0.25, 0.3) is 11.4 Å². The number of esters is 1. The second-order valence-corrected chi connectivity index (χ2v) is 13.5. The molecule has 43 heavy (non-hydrogen) atoms. The summed E-state index contributed by atoms with van der Waals surface area (Å²) in [6, 6.07) is 2.88. The van der Waals surface area contributed by atoms with Gasteiger partial charge in [0.05, 0.1) is 21.5 Å². The maximum absolute atomic E-state index is 12.9. The zero-order valence-corrected chi connectivity index (χ0v) is 26.2. The van der Waals surface area contributed by atoms with Crippen LogP contribution in [0.5, 0.6) is 0 Å². The highest BCUT2D eigenvalue weighted by Gasteiger charge is 2.50. The van der Waals surface area contributed by atoms with E-state index >= 15 is 0 Å². The topological polar surface area (TPSA) is 113 Å². The van der Waals surface area contributed by atoms with Crippen LogP contribution in [0.3, 0.4) is 0 Å². The molecule has 0 N–H and O–H groups in total. The van der Waals surface area contributed by atoms with Gasteiger partial charge in [0.15, 0.2) is 0 Å². The highest BCUT2D eigenvalue weighted by atomic mass is 16.6. The fourth-order valence-electron chi connectivity index (χ4n) is 7.47. The van der Waals surface area contributed by atoms with Crippen molar-refractivity contribution in [2.24, 2.45) is 35.0 Å². The summed E-state index contributed by atoms with van der Waals surface area (Å²) in [5.41, 5.74) is 2.63. The third kappa shape index (κ3) is 7.34. The second kappa shape index (κ2) is 13.4. The summed E-state index contributed by atoms with van der Waals surface area (Å²) in [4.78, 5) is 33.9. The van der Waals surface area contributed by atoms with Crippen molar-refractivity contribution < 1.29 is 19.4 Å². The van der Waals surface area contributed by atoms with E-state index in [0.717, 1.165) is 35.8 Å². The molecule has 4 rings (SSSR count). The standard InChI is InChI=1S/C35H46N2O6/c1-22(2)23(3)9-10-25(5)32-15-16-33-26(8-7-17-35(32,33)6)12-13-27-20-31(14-11-24(27)4)43-34(38)28-18-29(36(39)40)21-30(19-28)37(41)42/h9-10,12-13,18-19,21-23,25,31-33H,4,7-8,11,14-17,20H2,1-3,5-6H3/b10-9+,26-12+,27-13?/t23?,25-,31+,32-,33+,35-/m1/s1. The van der Waals surface area contributed by atoms with Crippen LogP contribution in [-0.4, -0.2) is 21.9 Å². The molecule has 3 saturated carbocycles. The van der Waals surface area contributed by atoms with Crippen LogP contribution in [0.15, 0.2) is 65.8 Å². The number of carbonyl (C=O) groups excluding carboxylic acids is 1. The van der Waals surface area contributed by atoms with Crippen molar-refractivity contribution in [2.75, 3.05) is 0 Å². The molecule has 0 spiro atoms. The van der Waals surface area contributed by atoms with Gasteiger partial charge in [-0.15, -0.1) is 0 Å². The lowest BCUT2D eigenvalue weighted by Gasteiger charge is -2.44. The Morgan fingerprint density at radius 3 is 2.30 bits per heavy atom. The largest absolute Gasteiger partial charge is 0.458 e. The van der Waals surface area contributed by atoms with Crippen molar-refractivity contribution >= 4 is 17.3 Å². The highest BCUT2D eigenvalue weighted by molar-refractivity contribution is 5.91. The van der Waals surface area contributed by atoms with E-state index in [4.69, 9.17) is 4.74 Å². The van der Waals surface area contributed by atoms with Crippen LogP contribution in [0.4, 0.5) is 11.4 Å². The average molecular weight is 591 g/mol. The van der Waals surface area contributed by atoms with Gasteiger partial charge in [0, 0.05) is 18.6 Å². The Morgan fingerprint density at radius 2 is 1.67 bits per heavy atom. The number of nitrogens with zero attached hydrogens (tertiary/aromatic N) is 2. The van der Waals surface area contributed by atoms with Crippen LogP contribution in [0.25, 0.3) is 0 Å². The van der Waals surface area contributed by atoms with Crippen LogP contribution in [0.1, 0.15) is 96.3 Å². The Bertz CT molecular complexity index is 1330. The van der Waals surface area contributed by atoms with Crippen LogP contribution in [0.2, 0.25) is 0 Å². The van der Waals surface area contributed by atoms with E-state index in [1.54, 1.807) is 0 Å². The second-order valence-electron chi connectivity index (χ2n) is 13.5. The molecule has 0 aliphatic heterocycles. The zero-order chi connectivity index (χ0) is 31.5. The minimum Gasteiger partial charge on any atom is -0.458 e. The number of hydrogen-bond donors (Lipinski definition) is 0. The molecule has 0 bridgehead atoms. The molecule has 3 aliphatic rings. The highest BCUT2D eigenvalue weighted by Crippen LogP contribution is 2.59. The van der Waals surface area contributed by atoms with Gasteiger partial charge in [-0.3, -0.25) is 20.2 Å². The fourth-order valence-corrected chi connectivity index (χ4v) is 7.47. The molecule has 1 unspecified atom stereocenters. The first-order valence-electron chi connectivity index (χ1n) is 15.7. The van der Waals surface area contributed by atoms with E-state index in [1.807, 2.05) is 0 Å². The molecule has 8 nitrogen and oxygen atoms in total. The number of hydrogen-bond acceptors (Lipinski definition) is 6. The minimum absolute atomic E-state index is 0.196. The summed E-state index contributed by atoms with van der Waals surface area (Å²) in [6.07, 6.45) is 16.6. The quantitative estimate of drug-likeness (QED) is 0.123.